The molecule has 0 aromatic heterocycles. The first-order valence-electron chi connectivity index (χ1n) is 5.43. The standard InChI is InChI=1S/C12H13FN2OS/c13-10-5-8(4-9(6-10)12(14)17)7-15-3-1-2-11(15)16/h4-6H,1-3,7H2,(H2,14,17). The molecule has 1 fully saturated rings. The molecule has 1 aliphatic rings. The number of benzene rings is 1. The number of carbonyl (C=O) groups is 1. The molecule has 0 atom stereocenters. The number of hydrogen-bond donors (Lipinski definition) is 1. The molecule has 2 rings (SSSR count). The fourth-order valence-corrected chi connectivity index (χ4v) is 2.09. The fraction of sp³-hybridized carbons (Fsp3) is 0.333. The number of rotatable bonds is 3. The zero-order valence-corrected chi connectivity index (χ0v) is 10.1. The Morgan fingerprint density at radius 2 is 2.24 bits per heavy atom. The number of nitrogens with two attached hydrogens (primary N) is 1. The summed E-state index contributed by atoms with van der Waals surface area (Å²) >= 11 is 4.82. The molecular formula is C12H13FN2OS. The first kappa shape index (κ1) is 12.0. The predicted octanol–water partition coefficient (Wildman–Crippen LogP) is 1.58. The van der Waals surface area contributed by atoms with Crippen LogP contribution in [-0.4, -0.2) is 22.3 Å². The van der Waals surface area contributed by atoms with E-state index in [1.165, 1.54) is 12.1 Å². The van der Waals surface area contributed by atoms with Gasteiger partial charge in [0.15, 0.2) is 0 Å². The molecule has 5 heteroatoms. The maximum atomic E-state index is 13.3. The van der Waals surface area contributed by atoms with E-state index in [2.05, 4.69) is 0 Å². The Morgan fingerprint density at radius 1 is 1.47 bits per heavy atom. The molecule has 0 bridgehead atoms. The van der Waals surface area contributed by atoms with Crippen molar-refractivity contribution in [1.29, 1.82) is 0 Å². The lowest BCUT2D eigenvalue weighted by Crippen LogP contribution is -2.24. The molecule has 17 heavy (non-hydrogen) atoms. The molecule has 0 unspecified atom stereocenters. The summed E-state index contributed by atoms with van der Waals surface area (Å²) in [6.45, 7) is 1.16. The molecular weight excluding hydrogens is 239 g/mol. The highest BCUT2D eigenvalue weighted by atomic mass is 32.1. The van der Waals surface area contributed by atoms with Gasteiger partial charge in [-0.05, 0) is 30.2 Å². The van der Waals surface area contributed by atoms with Crippen molar-refractivity contribution in [3.63, 3.8) is 0 Å². The minimum absolute atomic E-state index is 0.117. The molecule has 3 nitrogen and oxygen atoms in total. The second-order valence-corrected chi connectivity index (χ2v) is 4.57. The third kappa shape index (κ3) is 2.79. The van der Waals surface area contributed by atoms with Crippen LogP contribution < -0.4 is 5.73 Å². The van der Waals surface area contributed by atoms with Crippen LogP contribution in [0.15, 0.2) is 18.2 Å². The smallest absolute Gasteiger partial charge is 0.222 e. The normalized spacial score (nSPS) is 15.4. The van der Waals surface area contributed by atoms with Gasteiger partial charge in [0.05, 0.1) is 0 Å². The van der Waals surface area contributed by atoms with E-state index < -0.39 is 0 Å². The Labute approximate surface area is 104 Å². The second kappa shape index (κ2) is 4.79. The minimum Gasteiger partial charge on any atom is -0.389 e. The van der Waals surface area contributed by atoms with E-state index in [4.69, 9.17) is 18.0 Å². The summed E-state index contributed by atoms with van der Waals surface area (Å²) in [5, 5.41) is 0. The molecule has 1 saturated heterocycles. The van der Waals surface area contributed by atoms with Crippen LogP contribution in [0.3, 0.4) is 0 Å². The van der Waals surface area contributed by atoms with Gasteiger partial charge in [-0.3, -0.25) is 4.79 Å². The van der Waals surface area contributed by atoms with Gasteiger partial charge in [-0.2, -0.15) is 0 Å². The van der Waals surface area contributed by atoms with Crippen molar-refractivity contribution in [2.45, 2.75) is 19.4 Å². The van der Waals surface area contributed by atoms with Gasteiger partial charge in [0, 0.05) is 25.1 Å². The quantitative estimate of drug-likeness (QED) is 0.831. The number of hydrogen-bond acceptors (Lipinski definition) is 2. The van der Waals surface area contributed by atoms with Gasteiger partial charge in [0.1, 0.15) is 10.8 Å². The van der Waals surface area contributed by atoms with Crippen LogP contribution >= 0.6 is 12.2 Å². The monoisotopic (exact) mass is 252 g/mol. The Bertz CT molecular complexity index is 476. The molecule has 1 aromatic carbocycles. The summed E-state index contributed by atoms with van der Waals surface area (Å²) in [7, 11) is 0. The van der Waals surface area contributed by atoms with Crippen LogP contribution in [0.2, 0.25) is 0 Å². The molecule has 1 amide bonds. The lowest BCUT2D eigenvalue weighted by molar-refractivity contribution is -0.128. The Balaban J connectivity index is 2.20. The Kier molecular flexibility index (Phi) is 3.38. The molecule has 0 radical (unpaired) electrons. The number of amides is 1. The van der Waals surface area contributed by atoms with E-state index in [-0.39, 0.29) is 16.7 Å². The van der Waals surface area contributed by atoms with Crippen molar-refractivity contribution < 1.29 is 9.18 Å². The van der Waals surface area contributed by atoms with E-state index in [9.17, 15) is 9.18 Å². The highest BCUT2D eigenvalue weighted by Crippen LogP contribution is 2.16. The van der Waals surface area contributed by atoms with E-state index in [1.807, 2.05) is 0 Å². The third-order valence-corrected chi connectivity index (χ3v) is 3.02. The highest BCUT2D eigenvalue weighted by molar-refractivity contribution is 7.80. The largest absolute Gasteiger partial charge is 0.389 e. The minimum atomic E-state index is -0.378. The summed E-state index contributed by atoms with van der Waals surface area (Å²) in [4.78, 5) is 13.3. The summed E-state index contributed by atoms with van der Waals surface area (Å²) in [5.41, 5.74) is 6.70. The zero-order valence-electron chi connectivity index (χ0n) is 9.28. The van der Waals surface area contributed by atoms with E-state index in [0.29, 0.717) is 18.5 Å². The number of thiocarbonyl (C=S) groups is 1. The highest BCUT2D eigenvalue weighted by Gasteiger charge is 2.20. The molecule has 0 aliphatic carbocycles. The summed E-state index contributed by atoms with van der Waals surface area (Å²) in [6, 6.07) is 4.45. The summed E-state index contributed by atoms with van der Waals surface area (Å²) < 4.78 is 13.3. The molecule has 0 spiro atoms. The summed E-state index contributed by atoms with van der Waals surface area (Å²) in [5.74, 6) is -0.261. The first-order valence-corrected chi connectivity index (χ1v) is 5.84. The van der Waals surface area contributed by atoms with Crippen molar-refractivity contribution in [1.82, 2.24) is 4.90 Å². The molecule has 1 aliphatic heterocycles. The topological polar surface area (TPSA) is 46.3 Å². The molecule has 1 aromatic rings. The van der Waals surface area contributed by atoms with Gasteiger partial charge in [0.25, 0.3) is 0 Å². The SMILES string of the molecule is NC(=S)c1cc(F)cc(CN2CCCC2=O)c1. The van der Waals surface area contributed by atoms with Crippen LogP contribution in [0.5, 0.6) is 0 Å². The molecule has 1 heterocycles. The number of nitrogens with zero attached hydrogens (tertiary/aromatic N) is 1. The van der Waals surface area contributed by atoms with Crippen LogP contribution in [0.4, 0.5) is 4.39 Å². The van der Waals surface area contributed by atoms with Crippen molar-refractivity contribution in [3.05, 3.63) is 35.1 Å². The average molecular weight is 252 g/mol. The van der Waals surface area contributed by atoms with Gasteiger partial charge >= 0.3 is 0 Å². The Morgan fingerprint density at radius 3 is 2.82 bits per heavy atom. The lowest BCUT2D eigenvalue weighted by atomic mass is 10.1. The van der Waals surface area contributed by atoms with Crippen LogP contribution in [0, 0.1) is 5.82 Å². The van der Waals surface area contributed by atoms with Crippen LogP contribution in [0.1, 0.15) is 24.0 Å². The average Bonchev–Trinajstić information content (AvgIpc) is 2.63. The Hall–Kier alpha value is -1.49. The molecule has 2 N–H and O–H groups in total. The van der Waals surface area contributed by atoms with Gasteiger partial charge in [-0.15, -0.1) is 0 Å². The zero-order chi connectivity index (χ0) is 12.4. The van der Waals surface area contributed by atoms with Gasteiger partial charge in [0.2, 0.25) is 5.91 Å². The van der Waals surface area contributed by atoms with Crippen LogP contribution in [0.25, 0.3) is 0 Å². The maximum absolute atomic E-state index is 13.3. The van der Waals surface area contributed by atoms with Crippen molar-refractivity contribution in [2.24, 2.45) is 5.73 Å². The lowest BCUT2D eigenvalue weighted by Gasteiger charge is -2.16. The van der Waals surface area contributed by atoms with Gasteiger partial charge < -0.3 is 10.6 Å². The number of halogens is 1. The first-order chi connectivity index (χ1) is 8.06. The van der Waals surface area contributed by atoms with E-state index >= 15 is 0 Å². The third-order valence-electron chi connectivity index (χ3n) is 2.79. The van der Waals surface area contributed by atoms with Crippen molar-refractivity contribution in [3.8, 4) is 0 Å². The van der Waals surface area contributed by atoms with E-state index in [1.54, 1.807) is 11.0 Å². The van der Waals surface area contributed by atoms with Crippen LogP contribution in [-0.2, 0) is 11.3 Å². The van der Waals surface area contributed by atoms with Crippen molar-refractivity contribution >= 4 is 23.1 Å². The maximum Gasteiger partial charge on any atom is 0.222 e. The molecule has 0 saturated carbocycles. The second-order valence-electron chi connectivity index (χ2n) is 4.13. The predicted molar refractivity (Wildman–Crippen MR) is 66.9 cm³/mol. The number of likely N-dealkylation sites (tertiary alicyclic amines) is 1. The fourth-order valence-electron chi connectivity index (χ4n) is 1.98. The number of carbonyl (C=O) groups excluding carboxylic acids is 1. The molecule has 90 valence electrons. The van der Waals surface area contributed by atoms with Crippen molar-refractivity contribution in [2.75, 3.05) is 6.54 Å². The van der Waals surface area contributed by atoms with E-state index in [0.717, 1.165) is 18.5 Å². The van der Waals surface area contributed by atoms with Gasteiger partial charge in [-0.25, -0.2) is 4.39 Å². The summed E-state index contributed by atoms with van der Waals surface area (Å²) in [6.07, 6.45) is 1.45. The van der Waals surface area contributed by atoms with Gasteiger partial charge in [-0.1, -0.05) is 12.2 Å².